The predicted molar refractivity (Wildman–Crippen MR) is 49.8 cm³/mol. The maximum atomic E-state index is 10.2. The first-order valence-corrected chi connectivity index (χ1v) is 3.49. The molecule has 5 nitrogen and oxygen atoms in total. The van der Waals surface area contributed by atoms with Gasteiger partial charge in [-0.05, 0) is 13.8 Å². The van der Waals surface area contributed by atoms with Gasteiger partial charge in [0, 0.05) is 13.0 Å². The Bertz CT molecular complexity index is 162. The number of hydrogen-bond donors (Lipinski definition) is 2. The van der Waals surface area contributed by atoms with Crippen LogP contribution in [0.1, 0.15) is 20.8 Å². The molecule has 0 rings (SSSR count). The Hall–Kier alpha value is -1.36. The van der Waals surface area contributed by atoms with Crippen LogP contribution >= 0.6 is 0 Å². The van der Waals surface area contributed by atoms with Crippen molar-refractivity contribution in [1.29, 1.82) is 0 Å². The Balaban J connectivity index is -0.000000173. The first kappa shape index (κ1) is 17.7. The molecule has 4 N–H and O–H groups in total. The highest BCUT2D eigenvalue weighted by Gasteiger charge is 1.77. The highest BCUT2D eigenvalue weighted by atomic mass is 16.5. The minimum Gasteiger partial charge on any atom is -0.501 e. The number of carboxylic acids is 1. The maximum Gasteiger partial charge on any atom is 0.300 e. The molecule has 0 bridgehead atoms. The van der Waals surface area contributed by atoms with Gasteiger partial charge in [-0.25, -0.2) is 0 Å². The number of ketones is 1. The van der Waals surface area contributed by atoms with E-state index in [-0.39, 0.29) is 11.9 Å². The summed E-state index contributed by atoms with van der Waals surface area (Å²) < 4.78 is 4.74. The van der Waals surface area contributed by atoms with Crippen molar-refractivity contribution in [2.75, 3.05) is 6.61 Å². The monoisotopic (exact) mass is 191 g/mol. The van der Waals surface area contributed by atoms with Crippen LogP contribution in [0, 0.1) is 0 Å². The molecule has 0 spiro atoms. The van der Waals surface area contributed by atoms with Gasteiger partial charge in [0.25, 0.3) is 5.97 Å². The van der Waals surface area contributed by atoms with Crippen molar-refractivity contribution in [3.05, 3.63) is 12.3 Å². The van der Waals surface area contributed by atoms with E-state index >= 15 is 0 Å². The van der Waals surface area contributed by atoms with E-state index in [9.17, 15) is 4.79 Å². The standard InChI is InChI=1S/C6H10O2.C2H4O2.H3N/c1-3-8-5-4-6(2)7;1-2(3)4;/h4-5H,3H2,1-2H3;1H3,(H,3,4);1H3/b5-4+;;. The zero-order valence-corrected chi connectivity index (χ0v) is 8.24. The lowest BCUT2D eigenvalue weighted by Gasteiger charge is -1.88. The fourth-order valence-electron chi connectivity index (χ4n) is 0.240. The second-order valence-electron chi connectivity index (χ2n) is 1.89. The van der Waals surface area contributed by atoms with Crippen LogP contribution in [-0.2, 0) is 14.3 Å². The smallest absolute Gasteiger partial charge is 0.300 e. The highest BCUT2D eigenvalue weighted by Crippen LogP contribution is 1.76. The molecule has 0 fully saturated rings. The normalized spacial score (nSPS) is 7.92. The third kappa shape index (κ3) is 59.9. The molecule has 0 saturated carbocycles. The Morgan fingerprint density at radius 2 is 1.77 bits per heavy atom. The van der Waals surface area contributed by atoms with Crippen LogP contribution in [0.25, 0.3) is 0 Å². The van der Waals surface area contributed by atoms with Crippen LogP contribution < -0.4 is 6.15 Å². The average molecular weight is 191 g/mol. The molecule has 78 valence electrons. The summed E-state index contributed by atoms with van der Waals surface area (Å²) in [6, 6.07) is 0. The van der Waals surface area contributed by atoms with Gasteiger partial charge in [-0.2, -0.15) is 0 Å². The molecular formula is C8H17NO4. The van der Waals surface area contributed by atoms with E-state index in [0.717, 1.165) is 6.92 Å². The van der Waals surface area contributed by atoms with Gasteiger partial charge < -0.3 is 16.0 Å². The van der Waals surface area contributed by atoms with Crippen LogP contribution in [-0.4, -0.2) is 23.5 Å². The molecule has 0 amide bonds. The lowest BCUT2D eigenvalue weighted by Crippen LogP contribution is -1.82. The molecule has 0 aliphatic heterocycles. The van der Waals surface area contributed by atoms with Crippen LogP contribution in [0.4, 0.5) is 0 Å². The number of carbonyl (C=O) groups is 2. The number of hydrogen-bond acceptors (Lipinski definition) is 4. The van der Waals surface area contributed by atoms with Crippen LogP contribution in [0.5, 0.6) is 0 Å². The van der Waals surface area contributed by atoms with Gasteiger partial charge >= 0.3 is 0 Å². The van der Waals surface area contributed by atoms with Gasteiger partial charge in [-0.15, -0.1) is 0 Å². The molecule has 0 aromatic heterocycles. The molecule has 0 atom stereocenters. The molecule has 0 saturated heterocycles. The number of carboxylic acid groups (broad SMARTS) is 1. The lowest BCUT2D eigenvalue weighted by atomic mass is 10.4. The minimum atomic E-state index is -0.833. The quantitative estimate of drug-likeness (QED) is 0.518. The molecule has 0 aromatic carbocycles. The van der Waals surface area contributed by atoms with Crippen molar-refractivity contribution < 1.29 is 19.4 Å². The van der Waals surface area contributed by atoms with E-state index < -0.39 is 5.97 Å². The summed E-state index contributed by atoms with van der Waals surface area (Å²) in [7, 11) is 0. The highest BCUT2D eigenvalue weighted by molar-refractivity contribution is 5.86. The summed E-state index contributed by atoms with van der Waals surface area (Å²) in [6.45, 7) is 5.05. The van der Waals surface area contributed by atoms with Gasteiger partial charge in [-0.1, -0.05) is 0 Å². The van der Waals surface area contributed by atoms with E-state index in [2.05, 4.69) is 0 Å². The first-order valence-electron chi connectivity index (χ1n) is 3.49. The molecule has 0 heterocycles. The molecule has 0 aromatic rings. The summed E-state index contributed by atoms with van der Waals surface area (Å²) in [6.07, 6.45) is 2.80. The number of allylic oxidation sites excluding steroid dienone is 1. The van der Waals surface area contributed by atoms with E-state index in [1.165, 1.54) is 19.3 Å². The van der Waals surface area contributed by atoms with E-state index in [0.29, 0.717) is 6.61 Å². The molecular weight excluding hydrogens is 174 g/mol. The Labute approximate surface area is 78.0 Å². The van der Waals surface area contributed by atoms with Crippen molar-refractivity contribution in [2.24, 2.45) is 0 Å². The van der Waals surface area contributed by atoms with Crippen molar-refractivity contribution in [3.8, 4) is 0 Å². The number of ether oxygens (including phenoxy) is 1. The second kappa shape index (κ2) is 13.2. The fraction of sp³-hybridized carbons (Fsp3) is 0.500. The number of carbonyl (C=O) groups excluding carboxylic acids is 1. The van der Waals surface area contributed by atoms with Crippen LogP contribution in [0.15, 0.2) is 12.3 Å². The fourth-order valence-corrected chi connectivity index (χ4v) is 0.240. The minimum absolute atomic E-state index is 0. The van der Waals surface area contributed by atoms with Gasteiger partial charge in [0.2, 0.25) is 0 Å². The lowest BCUT2D eigenvalue weighted by molar-refractivity contribution is -0.134. The summed E-state index contributed by atoms with van der Waals surface area (Å²) in [4.78, 5) is 19.2. The van der Waals surface area contributed by atoms with Crippen LogP contribution in [0.2, 0.25) is 0 Å². The van der Waals surface area contributed by atoms with Gasteiger partial charge in [0.05, 0.1) is 12.9 Å². The molecule has 5 heteroatoms. The zero-order chi connectivity index (χ0) is 9.98. The van der Waals surface area contributed by atoms with Crippen molar-refractivity contribution in [1.82, 2.24) is 6.15 Å². The summed E-state index contributed by atoms with van der Waals surface area (Å²) in [5, 5.41) is 7.42. The largest absolute Gasteiger partial charge is 0.501 e. The Kier molecular flexibility index (Phi) is 18.0. The van der Waals surface area contributed by atoms with E-state index in [1.807, 2.05) is 6.92 Å². The van der Waals surface area contributed by atoms with Gasteiger partial charge in [-0.3, -0.25) is 9.59 Å². The third-order valence-corrected chi connectivity index (χ3v) is 0.566. The maximum absolute atomic E-state index is 10.2. The van der Waals surface area contributed by atoms with Crippen molar-refractivity contribution >= 4 is 11.8 Å². The summed E-state index contributed by atoms with van der Waals surface area (Å²) in [5.74, 6) is -0.821. The summed E-state index contributed by atoms with van der Waals surface area (Å²) >= 11 is 0. The SMILES string of the molecule is CC(=O)O.CCO/C=C/C(C)=O.N. The molecule has 0 unspecified atom stereocenters. The zero-order valence-electron chi connectivity index (χ0n) is 8.24. The predicted octanol–water partition coefficient (Wildman–Crippen LogP) is 1.38. The Morgan fingerprint density at radius 1 is 1.38 bits per heavy atom. The van der Waals surface area contributed by atoms with E-state index in [4.69, 9.17) is 14.6 Å². The van der Waals surface area contributed by atoms with Crippen molar-refractivity contribution in [3.63, 3.8) is 0 Å². The molecule has 0 aliphatic rings. The van der Waals surface area contributed by atoms with Crippen molar-refractivity contribution in [2.45, 2.75) is 20.8 Å². The topological polar surface area (TPSA) is 98.6 Å². The average Bonchev–Trinajstić information content (AvgIpc) is 1.86. The summed E-state index contributed by atoms with van der Waals surface area (Å²) in [5.41, 5.74) is 0. The second-order valence-corrected chi connectivity index (χ2v) is 1.89. The molecule has 0 aliphatic carbocycles. The van der Waals surface area contributed by atoms with Crippen LogP contribution in [0.3, 0.4) is 0 Å². The third-order valence-electron chi connectivity index (χ3n) is 0.566. The molecule has 0 radical (unpaired) electrons. The van der Waals surface area contributed by atoms with E-state index in [1.54, 1.807) is 0 Å². The number of rotatable bonds is 3. The van der Waals surface area contributed by atoms with Gasteiger partial charge in [0.1, 0.15) is 0 Å². The first-order chi connectivity index (χ1) is 5.50. The Morgan fingerprint density at radius 3 is 2.00 bits per heavy atom. The number of aliphatic carboxylic acids is 1. The molecule has 13 heavy (non-hydrogen) atoms. The van der Waals surface area contributed by atoms with Gasteiger partial charge in [0.15, 0.2) is 5.78 Å².